The first-order chi connectivity index (χ1) is 16.4. The highest BCUT2D eigenvalue weighted by molar-refractivity contribution is 5.80. The lowest BCUT2D eigenvalue weighted by atomic mass is 9.95. The fourth-order valence-corrected chi connectivity index (χ4v) is 4.69. The standard InChI is InChI=1S/C27H33FN2O4/c1-21-6-5-7-22(16-21)17-25(31)30-14-15-34-27(19-30,18-26(32)29-12-3-2-4-13-29)20-33-24-10-8-23(28)9-11-24/h5-11,16H,2-4,12-15,17-20H2,1H3/t27-/m0/s1. The summed E-state index contributed by atoms with van der Waals surface area (Å²) in [5.41, 5.74) is 1.12. The van der Waals surface area contributed by atoms with Crippen molar-refractivity contribution >= 4 is 11.8 Å². The van der Waals surface area contributed by atoms with Gasteiger partial charge in [0.05, 0.1) is 26.0 Å². The van der Waals surface area contributed by atoms with Gasteiger partial charge in [0, 0.05) is 19.6 Å². The van der Waals surface area contributed by atoms with Gasteiger partial charge in [-0.3, -0.25) is 9.59 Å². The van der Waals surface area contributed by atoms with Crippen LogP contribution in [0.5, 0.6) is 5.75 Å². The third-order valence-corrected chi connectivity index (χ3v) is 6.54. The number of hydrogen-bond acceptors (Lipinski definition) is 4. The maximum atomic E-state index is 13.3. The molecule has 0 radical (unpaired) electrons. The Kier molecular flexibility index (Phi) is 7.83. The van der Waals surface area contributed by atoms with Gasteiger partial charge in [0.25, 0.3) is 0 Å². The molecule has 2 aromatic rings. The van der Waals surface area contributed by atoms with E-state index in [0.29, 0.717) is 25.3 Å². The number of nitrogens with zero attached hydrogens (tertiary/aromatic N) is 2. The lowest BCUT2D eigenvalue weighted by Crippen LogP contribution is -2.58. The molecular formula is C27H33FN2O4. The van der Waals surface area contributed by atoms with Crippen molar-refractivity contribution in [1.82, 2.24) is 9.80 Å². The van der Waals surface area contributed by atoms with Gasteiger partial charge < -0.3 is 19.3 Å². The number of carbonyl (C=O) groups excluding carboxylic acids is 2. The molecule has 0 saturated carbocycles. The van der Waals surface area contributed by atoms with E-state index in [0.717, 1.165) is 43.5 Å². The number of rotatable bonds is 7. The lowest BCUT2D eigenvalue weighted by Gasteiger charge is -2.43. The molecule has 6 nitrogen and oxygen atoms in total. The van der Waals surface area contributed by atoms with E-state index in [1.54, 1.807) is 17.0 Å². The zero-order chi connectivity index (χ0) is 24.0. The molecule has 0 N–H and O–H groups in total. The maximum absolute atomic E-state index is 13.3. The highest BCUT2D eigenvalue weighted by Gasteiger charge is 2.42. The van der Waals surface area contributed by atoms with Crippen LogP contribution in [0, 0.1) is 12.7 Å². The van der Waals surface area contributed by atoms with Crippen molar-refractivity contribution in [2.75, 3.05) is 39.4 Å². The molecule has 1 atom stereocenters. The quantitative estimate of drug-likeness (QED) is 0.621. The molecule has 0 aromatic heterocycles. The van der Waals surface area contributed by atoms with Gasteiger partial charge in [-0.15, -0.1) is 0 Å². The van der Waals surface area contributed by atoms with Crippen molar-refractivity contribution in [3.8, 4) is 5.75 Å². The first-order valence-corrected chi connectivity index (χ1v) is 12.1. The SMILES string of the molecule is Cc1cccc(CC(=O)N2CCO[C@@](COc3ccc(F)cc3)(CC(=O)N3CCCCC3)C2)c1. The molecule has 7 heteroatoms. The normalized spacial score (nSPS) is 20.8. The van der Waals surface area contributed by atoms with E-state index in [1.165, 1.54) is 12.1 Å². The highest BCUT2D eigenvalue weighted by Crippen LogP contribution is 2.27. The summed E-state index contributed by atoms with van der Waals surface area (Å²) < 4.78 is 25.4. The number of amides is 2. The summed E-state index contributed by atoms with van der Waals surface area (Å²) in [5.74, 6) is 0.183. The van der Waals surface area contributed by atoms with Crippen LogP contribution in [0.15, 0.2) is 48.5 Å². The number of hydrogen-bond donors (Lipinski definition) is 0. The van der Waals surface area contributed by atoms with Gasteiger partial charge in [-0.2, -0.15) is 0 Å². The molecule has 34 heavy (non-hydrogen) atoms. The highest BCUT2D eigenvalue weighted by atomic mass is 19.1. The second-order valence-corrected chi connectivity index (χ2v) is 9.37. The Morgan fingerprint density at radius 2 is 1.76 bits per heavy atom. The van der Waals surface area contributed by atoms with Crippen molar-refractivity contribution in [1.29, 1.82) is 0 Å². The zero-order valence-electron chi connectivity index (χ0n) is 19.8. The van der Waals surface area contributed by atoms with E-state index in [-0.39, 0.29) is 37.2 Å². The average molecular weight is 469 g/mol. The second kappa shape index (κ2) is 11.0. The van der Waals surface area contributed by atoms with Gasteiger partial charge in [-0.25, -0.2) is 4.39 Å². The summed E-state index contributed by atoms with van der Waals surface area (Å²) >= 11 is 0. The zero-order valence-corrected chi connectivity index (χ0v) is 19.8. The second-order valence-electron chi connectivity index (χ2n) is 9.37. The summed E-state index contributed by atoms with van der Waals surface area (Å²) in [6.45, 7) is 4.70. The summed E-state index contributed by atoms with van der Waals surface area (Å²) in [7, 11) is 0. The van der Waals surface area contributed by atoms with Crippen LogP contribution in [-0.2, 0) is 20.7 Å². The molecule has 0 spiro atoms. The van der Waals surface area contributed by atoms with Crippen molar-refractivity contribution in [3.63, 3.8) is 0 Å². The smallest absolute Gasteiger partial charge is 0.227 e. The molecule has 0 aliphatic carbocycles. The molecule has 0 unspecified atom stereocenters. The summed E-state index contributed by atoms with van der Waals surface area (Å²) in [5, 5.41) is 0. The number of piperidine rings is 1. The molecule has 2 fully saturated rings. The summed E-state index contributed by atoms with van der Waals surface area (Å²) in [4.78, 5) is 30.0. The molecule has 2 heterocycles. The molecule has 4 rings (SSSR count). The monoisotopic (exact) mass is 468 g/mol. The van der Waals surface area contributed by atoms with Gasteiger partial charge in [0.2, 0.25) is 11.8 Å². The van der Waals surface area contributed by atoms with E-state index < -0.39 is 5.60 Å². The number of benzene rings is 2. The summed E-state index contributed by atoms with van der Waals surface area (Å²) in [6, 6.07) is 13.7. The number of halogens is 1. The van der Waals surface area contributed by atoms with E-state index >= 15 is 0 Å². The van der Waals surface area contributed by atoms with Crippen LogP contribution >= 0.6 is 0 Å². The van der Waals surface area contributed by atoms with Crippen LogP contribution in [0.25, 0.3) is 0 Å². The molecule has 0 bridgehead atoms. The Balaban J connectivity index is 1.48. The molecular weight excluding hydrogens is 435 g/mol. The van der Waals surface area contributed by atoms with Crippen LogP contribution < -0.4 is 4.74 Å². The van der Waals surface area contributed by atoms with Crippen LogP contribution in [-0.4, -0.2) is 66.6 Å². The summed E-state index contributed by atoms with van der Waals surface area (Å²) in [6.07, 6.45) is 3.60. The minimum atomic E-state index is -0.955. The fourth-order valence-electron chi connectivity index (χ4n) is 4.69. The van der Waals surface area contributed by atoms with Gasteiger partial charge in [0.15, 0.2) is 0 Å². The molecule has 2 aromatic carbocycles. The number of morpholine rings is 1. The molecule has 2 saturated heterocycles. The van der Waals surface area contributed by atoms with E-state index in [2.05, 4.69) is 0 Å². The van der Waals surface area contributed by atoms with E-state index in [1.807, 2.05) is 36.1 Å². The predicted octanol–water partition coefficient (Wildman–Crippen LogP) is 3.76. The average Bonchev–Trinajstić information content (AvgIpc) is 2.84. The molecule has 2 aliphatic heterocycles. The Hall–Kier alpha value is -2.93. The largest absolute Gasteiger partial charge is 0.490 e. The van der Waals surface area contributed by atoms with E-state index in [9.17, 15) is 14.0 Å². The lowest BCUT2D eigenvalue weighted by molar-refractivity contribution is -0.166. The number of likely N-dealkylation sites (tertiary alicyclic amines) is 1. The van der Waals surface area contributed by atoms with Crippen LogP contribution in [0.3, 0.4) is 0 Å². The van der Waals surface area contributed by atoms with Crippen molar-refractivity contribution in [2.45, 2.75) is 44.6 Å². The Labute approximate surface area is 200 Å². The van der Waals surface area contributed by atoms with Crippen LogP contribution in [0.1, 0.15) is 36.8 Å². The first kappa shape index (κ1) is 24.2. The topological polar surface area (TPSA) is 59.1 Å². The van der Waals surface area contributed by atoms with Gasteiger partial charge in [-0.1, -0.05) is 29.8 Å². The molecule has 182 valence electrons. The Morgan fingerprint density at radius 1 is 1.00 bits per heavy atom. The maximum Gasteiger partial charge on any atom is 0.227 e. The van der Waals surface area contributed by atoms with Crippen LogP contribution in [0.4, 0.5) is 4.39 Å². The van der Waals surface area contributed by atoms with Gasteiger partial charge in [-0.05, 0) is 56.0 Å². The minimum absolute atomic E-state index is 0.00507. The Bertz CT molecular complexity index is 990. The van der Waals surface area contributed by atoms with Crippen molar-refractivity contribution < 1.29 is 23.5 Å². The predicted molar refractivity (Wildman–Crippen MR) is 127 cm³/mol. The third kappa shape index (κ3) is 6.35. The number of ether oxygens (including phenoxy) is 2. The van der Waals surface area contributed by atoms with Crippen LogP contribution in [0.2, 0.25) is 0 Å². The van der Waals surface area contributed by atoms with Gasteiger partial charge in [0.1, 0.15) is 23.8 Å². The molecule has 2 aliphatic rings. The van der Waals surface area contributed by atoms with Crippen molar-refractivity contribution in [2.24, 2.45) is 0 Å². The third-order valence-electron chi connectivity index (χ3n) is 6.54. The number of aryl methyl sites for hydroxylation is 1. The first-order valence-electron chi connectivity index (χ1n) is 12.1. The van der Waals surface area contributed by atoms with Gasteiger partial charge >= 0.3 is 0 Å². The van der Waals surface area contributed by atoms with E-state index in [4.69, 9.17) is 9.47 Å². The minimum Gasteiger partial charge on any atom is -0.490 e. The fraction of sp³-hybridized carbons (Fsp3) is 0.481. The Morgan fingerprint density at radius 3 is 2.50 bits per heavy atom. The number of carbonyl (C=O) groups is 2. The van der Waals surface area contributed by atoms with Crippen molar-refractivity contribution in [3.05, 3.63) is 65.5 Å². The molecule has 2 amide bonds.